The summed E-state index contributed by atoms with van der Waals surface area (Å²) in [6.07, 6.45) is -0.0279. The van der Waals surface area contributed by atoms with E-state index in [9.17, 15) is 24.9 Å². The third-order valence-corrected chi connectivity index (χ3v) is 6.98. The molecule has 0 spiro atoms. The second-order valence-corrected chi connectivity index (χ2v) is 9.36. The van der Waals surface area contributed by atoms with E-state index in [0.29, 0.717) is 24.2 Å². The fourth-order valence-corrected chi connectivity index (χ4v) is 4.87. The SMILES string of the molecule is CN1CCN(C(=O)C[C@@H](c2ccccc2)c2c(O)c(O)c(O)c3c(=O)cc(-c4ccccc4)oc23)CC1. The molecule has 1 saturated heterocycles. The van der Waals surface area contributed by atoms with E-state index >= 15 is 0 Å². The van der Waals surface area contributed by atoms with E-state index in [-0.39, 0.29) is 34.6 Å². The van der Waals surface area contributed by atoms with E-state index in [1.165, 1.54) is 6.07 Å². The number of fused-ring (bicyclic) bond motifs is 1. The predicted octanol–water partition coefficient (Wildman–Crippen LogP) is 3.87. The van der Waals surface area contributed by atoms with Crippen LogP contribution >= 0.6 is 0 Å². The highest BCUT2D eigenvalue weighted by atomic mass is 16.3. The van der Waals surface area contributed by atoms with Crippen molar-refractivity contribution in [2.24, 2.45) is 0 Å². The summed E-state index contributed by atoms with van der Waals surface area (Å²) in [7, 11) is 2.00. The highest BCUT2D eigenvalue weighted by Gasteiger charge is 2.32. The van der Waals surface area contributed by atoms with Gasteiger partial charge in [-0.05, 0) is 12.6 Å². The average molecular weight is 501 g/mol. The fourth-order valence-electron chi connectivity index (χ4n) is 4.87. The number of aromatic hydroxyl groups is 3. The number of likely N-dealkylation sites (N-methyl/N-ethyl adjacent to an activating group) is 1. The lowest BCUT2D eigenvalue weighted by atomic mass is 9.85. The average Bonchev–Trinajstić information content (AvgIpc) is 2.92. The number of rotatable bonds is 5. The van der Waals surface area contributed by atoms with Crippen LogP contribution < -0.4 is 5.43 Å². The van der Waals surface area contributed by atoms with Gasteiger partial charge < -0.3 is 29.5 Å². The number of phenols is 3. The molecule has 0 radical (unpaired) electrons. The molecule has 0 saturated carbocycles. The Morgan fingerprint density at radius 1 is 0.892 bits per heavy atom. The first-order chi connectivity index (χ1) is 17.8. The first-order valence-corrected chi connectivity index (χ1v) is 12.2. The molecule has 1 atom stereocenters. The molecule has 1 aromatic heterocycles. The van der Waals surface area contributed by atoms with Crippen LogP contribution in [0.3, 0.4) is 0 Å². The van der Waals surface area contributed by atoms with Crippen molar-refractivity contribution in [3.8, 4) is 28.6 Å². The molecule has 8 nitrogen and oxygen atoms in total. The molecule has 0 aliphatic carbocycles. The van der Waals surface area contributed by atoms with E-state index in [1.807, 2.05) is 43.4 Å². The lowest BCUT2D eigenvalue weighted by Gasteiger charge is -2.33. The molecule has 190 valence electrons. The van der Waals surface area contributed by atoms with E-state index in [0.717, 1.165) is 13.1 Å². The van der Waals surface area contributed by atoms with Gasteiger partial charge >= 0.3 is 0 Å². The van der Waals surface area contributed by atoms with Gasteiger partial charge in [0.2, 0.25) is 11.7 Å². The number of nitrogens with zero attached hydrogens (tertiary/aromatic N) is 2. The van der Waals surface area contributed by atoms with E-state index in [4.69, 9.17) is 4.42 Å². The Labute approximate surface area is 213 Å². The number of phenolic OH excluding ortho intramolecular Hbond substituents is 3. The summed E-state index contributed by atoms with van der Waals surface area (Å²) >= 11 is 0. The van der Waals surface area contributed by atoms with Gasteiger partial charge in [-0.3, -0.25) is 9.59 Å². The number of carbonyl (C=O) groups is 1. The standard InChI is InChI=1S/C29H28N2O6/c1-30-12-14-31(15-13-30)23(33)16-20(18-8-4-2-5-9-18)24-26(34)28(36)27(35)25-21(32)17-22(37-29(24)25)19-10-6-3-7-11-19/h2-11,17,20,34-36H,12-16H2,1H3/t20-/m0/s1. The molecule has 0 bridgehead atoms. The van der Waals surface area contributed by atoms with E-state index < -0.39 is 28.6 Å². The van der Waals surface area contributed by atoms with Gasteiger partial charge in [0.15, 0.2) is 16.9 Å². The van der Waals surface area contributed by atoms with Crippen molar-refractivity contribution < 1.29 is 24.5 Å². The molecule has 1 amide bonds. The van der Waals surface area contributed by atoms with Crippen LogP contribution in [-0.2, 0) is 4.79 Å². The summed E-state index contributed by atoms with van der Waals surface area (Å²) in [6.45, 7) is 2.67. The van der Waals surface area contributed by atoms with Gasteiger partial charge in [0, 0.05) is 55.7 Å². The van der Waals surface area contributed by atoms with Crippen LogP contribution in [0, 0.1) is 0 Å². The van der Waals surface area contributed by atoms with E-state index in [1.54, 1.807) is 29.2 Å². The molecule has 37 heavy (non-hydrogen) atoms. The molecule has 3 N–H and O–H groups in total. The van der Waals surface area contributed by atoms with Gasteiger partial charge in [0.05, 0.1) is 0 Å². The quantitative estimate of drug-likeness (QED) is 0.357. The van der Waals surface area contributed by atoms with Gasteiger partial charge in [-0.15, -0.1) is 0 Å². The zero-order chi connectivity index (χ0) is 26.1. The molecule has 0 unspecified atom stereocenters. The number of amides is 1. The second kappa shape index (κ2) is 9.99. The van der Waals surface area contributed by atoms with Crippen molar-refractivity contribution in [2.45, 2.75) is 12.3 Å². The molecule has 4 aromatic rings. The second-order valence-electron chi connectivity index (χ2n) is 9.36. The first-order valence-electron chi connectivity index (χ1n) is 12.2. The Hall–Kier alpha value is -4.30. The van der Waals surface area contributed by atoms with Crippen LogP contribution in [0.5, 0.6) is 17.2 Å². The molecular formula is C29H28N2O6. The van der Waals surface area contributed by atoms with Crippen LogP contribution in [0.25, 0.3) is 22.3 Å². The summed E-state index contributed by atoms with van der Waals surface area (Å²) in [6, 6.07) is 19.3. The van der Waals surface area contributed by atoms with E-state index in [2.05, 4.69) is 4.90 Å². The third-order valence-electron chi connectivity index (χ3n) is 6.98. The Kier molecular flexibility index (Phi) is 6.58. The van der Waals surface area contributed by atoms with Crippen LogP contribution in [-0.4, -0.2) is 64.3 Å². The molecule has 8 heteroatoms. The normalized spacial score (nSPS) is 15.1. The monoisotopic (exact) mass is 500 g/mol. The summed E-state index contributed by atoms with van der Waals surface area (Å²) in [4.78, 5) is 30.5. The summed E-state index contributed by atoms with van der Waals surface area (Å²) < 4.78 is 6.16. The number of benzene rings is 3. The van der Waals surface area contributed by atoms with Gasteiger partial charge in [-0.1, -0.05) is 60.7 Å². The van der Waals surface area contributed by atoms with Crippen molar-refractivity contribution in [2.75, 3.05) is 33.2 Å². The Balaban J connectivity index is 1.72. The zero-order valence-electron chi connectivity index (χ0n) is 20.4. The smallest absolute Gasteiger partial charge is 0.223 e. The highest BCUT2D eigenvalue weighted by molar-refractivity contribution is 5.94. The number of piperazine rings is 1. The first kappa shape index (κ1) is 24.4. The maximum absolute atomic E-state index is 13.4. The van der Waals surface area contributed by atoms with Crippen molar-refractivity contribution in [3.63, 3.8) is 0 Å². The number of carbonyl (C=O) groups excluding carboxylic acids is 1. The van der Waals surface area contributed by atoms with Crippen molar-refractivity contribution in [1.82, 2.24) is 9.80 Å². The fraction of sp³-hybridized carbons (Fsp3) is 0.241. The minimum absolute atomic E-state index is 0.0279. The van der Waals surface area contributed by atoms with Crippen LogP contribution in [0.2, 0.25) is 0 Å². The summed E-state index contributed by atoms with van der Waals surface area (Å²) in [5.41, 5.74) is 0.753. The molecule has 2 heterocycles. The van der Waals surface area contributed by atoms with Gasteiger partial charge in [-0.25, -0.2) is 0 Å². The Morgan fingerprint density at radius 2 is 1.51 bits per heavy atom. The Bertz CT molecular complexity index is 1490. The lowest BCUT2D eigenvalue weighted by Crippen LogP contribution is -2.47. The Morgan fingerprint density at radius 3 is 2.16 bits per heavy atom. The third kappa shape index (κ3) is 4.63. The molecular weight excluding hydrogens is 472 g/mol. The molecule has 1 aliphatic rings. The lowest BCUT2D eigenvalue weighted by molar-refractivity contribution is -0.133. The van der Waals surface area contributed by atoms with Gasteiger partial charge in [-0.2, -0.15) is 0 Å². The number of hydrogen-bond donors (Lipinski definition) is 3. The van der Waals surface area contributed by atoms with Crippen LogP contribution in [0.15, 0.2) is 75.9 Å². The van der Waals surface area contributed by atoms with Crippen molar-refractivity contribution in [3.05, 3.63) is 88.1 Å². The highest BCUT2D eigenvalue weighted by Crippen LogP contribution is 2.49. The predicted molar refractivity (Wildman–Crippen MR) is 140 cm³/mol. The molecule has 3 aromatic carbocycles. The largest absolute Gasteiger partial charge is 0.504 e. The minimum atomic E-state index is -0.824. The maximum atomic E-state index is 13.4. The maximum Gasteiger partial charge on any atom is 0.223 e. The molecule has 5 rings (SSSR count). The zero-order valence-corrected chi connectivity index (χ0v) is 20.4. The van der Waals surface area contributed by atoms with Crippen molar-refractivity contribution >= 4 is 16.9 Å². The van der Waals surface area contributed by atoms with Gasteiger partial charge in [0.1, 0.15) is 16.7 Å². The topological polar surface area (TPSA) is 114 Å². The summed E-state index contributed by atoms with van der Waals surface area (Å²) in [5, 5.41) is 32.1. The minimum Gasteiger partial charge on any atom is -0.504 e. The van der Waals surface area contributed by atoms with Gasteiger partial charge in [0.25, 0.3) is 0 Å². The molecule has 1 fully saturated rings. The number of hydrogen-bond acceptors (Lipinski definition) is 7. The summed E-state index contributed by atoms with van der Waals surface area (Å²) in [5.74, 6) is -2.85. The van der Waals surface area contributed by atoms with Crippen LogP contribution in [0.4, 0.5) is 0 Å². The molecule has 1 aliphatic heterocycles. The van der Waals surface area contributed by atoms with Crippen LogP contribution in [0.1, 0.15) is 23.5 Å². The van der Waals surface area contributed by atoms with Crippen molar-refractivity contribution in [1.29, 1.82) is 0 Å².